The molecule has 31 heavy (non-hydrogen) atoms. The van der Waals surface area contributed by atoms with Crippen LogP contribution < -0.4 is 0 Å². The van der Waals surface area contributed by atoms with E-state index in [0.717, 1.165) is 34.5 Å². The summed E-state index contributed by atoms with van der Waals surface area (Å²) in [6.07, 6.45) is 1.60. The van der Waals surface area contributed by atoms with Gasteiger partial charge in [0.2, 0.25) is 0 Å². The Hall–Kier alpha value is -2.32. The van der Waals surface area contributed by atoms with Crippen molar-refractivity contribution in [2.75, 3.05) is 7.05 Å². The van der Waals surface area contributed by atoms with Crippen LogP contribution in [0.1, 0.15) is 16.7 Å². The predicted molar refractivity (Wildman–Crippen MR) is 130 cm³/mol. The molecule has 0 saturated carbocycles. The molecule has 0 N–H and O–H groups in total. The van der Waals surface area contributed by atoms with Gasteiger partial charge in [0, 0.05) is 12.1 Å². The highest BCUT2D eigenvalue weighted by Crippen LogP contribution is 2.28. The minimum Gasteiger partial charge on any atom is -0.296 e. The maximum Gasteiger partial charge on any atom is 0.253 e. The lowest BCUT2D eigenvalue weighted by Gasteiger charge is -2.24. The number of hydrogen-bond acceptors (Lipinski definition) is 4. The highest BCUT2D eigenvalue weighted by Gasteiger charge is 2.27. The first-order valence-electron chi connectivity index (χ1n) is 9.60. The molecule has 0 radical (unpaired) electrons. The molecule has 0 aliphatic carbocycles. The summed E-state index contributed by atoms with van der Waals surface area (Å²) in [6, 6.07) is 21.8. The van der Waals surface area contributed by atoms with Gasteiger partial charge >= 0.3 is 0 Å². The fraction of sp³-hybridized carbons (Fsp3) is 0.174. The molecule has 0 aromatic heterocycles. The highest BCUT2D eigenvalue weighted by molar-refractivity contribution is 8.07. The SMILES string of the molecule is Cc1ccc(S(=O)(=O)N(Cc2ccccc2)SN(C)C=Nc2ccc(Cl)cc2C)cc1. The molecule has 0 fully saturated rings. The summed E-state index contributed by atoms with van der Waals surface area (Å²) < 4.78 is 29.8. The summed E-state index contributed by atoms with van der Waals surface area (Å²) in [5, 5.41) is 0.650. The summed E-state index contributed by atoms with van der Waals surface area (Å²) in [4.78, 5) is 4.72. The molecular weight excluding hydrogens is 450 g/mol. The van der Waals surface area contributed by atoms with E-state index in [1.165, 1.54) is 3.71 Å². The average Bonchev–Trinajstić information content (AvgIpc) is 2.74. The van der Waals surface area contributed by atoms with Gasteiger partial charge < -0.3 is 0 Å². The highest BCUT2D eigenvalue weighted by atomic mass is 35.5. The lowest BCUT2D eigenvalue weighted by Crippen LogP contribution is -2.28. The van der Waals surface area contributed by atoms with Crippen molar-refractivity contribution < 1.29 is 8.42 Å². The van der Waals surface area contributed by atoms with E-state index < -0.39 is 10.0 Å². The fourth-order valence-electron chi connectivity index (χ4n) is 2.79. The summed E-state index contributed by atoms with van der Waals surface area (Å²) in [7, 11) is -1.97. The third kappa shape index (κ3) is 6.33. The first-order valence-corrected chi connectivity index (χ1v) is 12.1. The largest absolute Gasteiger partial charge is 0.296 e. The Bertz CT molecular complexity index is 1150. The van der Waals surface area contributed by atoms with Gasteiger partial charge in [-0.15, -0.1) is 3.71 Å². The Morgan fingerprint density at radius 3 is 2.32 bits per heavy atom. The summed E-state index contributed by atoms with van der Waals surface area (Å²) in [6.45, 7) is 4.07. The Morgan fingerprint density at radius 1 is 1.00 bits per heavy atom. The van der Waals surface area contributed by atoms with Crippen LogP contribution in [0.3, 0.4) is 0 Å². The number of aryl methyl sites for hydroxylation is 2. The molecule has 0 amide bonds. The number of benzene rings is 3. The van der Waals surface area contributed by atoms with Crippen LogP contribution in [0.15, 0.2) is 82.7 Å². The van der Waals surface area contributed by atoms with Gasteiger partial charge in [0.05, 0.1) is 29.3 Å². The van der Waals surface area contributed by atoms with Crippen LogP contribution in [0.4, 0.5) is 5.69 Å². The summed E-state index contributed by atoms with van der Waals surface area (Å²) in [5.74, 6) is 0. The third-order valence-corrected chi connectivity index (χ3v) is 7.70. The van der Waals surface area contributed by atoms with Gasteiger partial charge in [0.1, 0.15) is 6.34 Å². The van der Waals surface area contributed by atoms with Crippen molar-refractivity contribution in [1.82, 2.24) is 8.02 Å². The second kappa shape index (κ2) is 10.3. The van der Waals surface area contributed by atoms with Crippen molar-refractivity contribution in [1.29, 1.82) is 0 Å². The molecule has 8 heteroatoms. The zero-order chi connectivity index (χ0) is 22.4. The lowest BCUT2D eigenvalue weighted by atomic mass is 10.2. The van der Waals surface area contributed by atoms with Gasteiger partial charge in [-0.05, 0) is 55.3 Å². The van der Waals surface area contributed by atoms with E-state index in [4.69, 9.17) is 11.6 Å². The fourth-order valence-corrected chi connectivity index (χ4v) is 5.56. The van der Waals surface area contributed by atoms with Crippen molar-refractivity contribution in [2.45, 2.75) is 25.3 Å². The van der Waals surface area contributed by atoms with E-state index in [0.29, 0.717) is 5.02 Å². The molecule has 0 atom stereocenters. The third-order valence-electron chi connectivity index (χ3n) is 4.48. The van der Waals surface area contributed by atoms with Crippen molar-refractivity contribution >= 4 is 45.8 Å². The second-order valence-electron chi connectivity index (χ2n) is 7.07. The van der Waals surface area contributed by atoms with Crippen molar-refractivity contribution in [3.63, 3.8) is 0 Å². The minimum absolute atomic E-state index is 0.222. The molecule has 3 aromatic rings. The van der Waals surface area contributed by atoms with E-state index in [1.807, 2.05) is 56.3 Å². The lowest BCUT2D eigenvalue weighted by molar-refractivity contribution is 0.535. The van der Waals surface area contributed by atoms with Crippen molar-refractivity contribution in [3.05, 3.63) is 94.5 Å². The van der Waals surface area contributed by atoms with E-state index in [-0.39, 0.29) is 11.4 Å². The van der Waals surface area contributed by atoms with Gasteiger partial charge in [-0.25, -0.2) is 13.4 Å². The number of rotatable bonds is 8. The number of halogens is 1. The molecule has 0 saturated heterocycles. The average molecular weight is 474 g/mol. The predicted octanol–water partition coefficient (Wildman–Crippen LogP) is 6.00. The first kappa shape index (κ1) is 23.3. The van der Waals surface area contributed by atoms with Crippen LogP contribution in [-0.4, -0.2) is 29.8 Å². The Balaban J connectivity index is 1.85. The zero-order valence-corrected chi connectivity index (χ0v) is 20.0. The first-order chi connectivity index (χ1) is 14.8. The molecular formula is C23H24ClN3O2S2. The molecule has 5 nitrogen and oxygen atoms in total. The Kier molecular flexibility index (Phi) is 7.78. The second-order valence-corrected chi connectivity index (χ2v) is 10.8. The number of hydrogen-bond donors (Lipinski definition) is 0. The quantitative estimate of drug-likeness (QED) is 0.228. The van der Waals surface area contributed by atoms with Gasteiger partial charge in [0.25, 0.3) is 10.0 Å². The summed E-state index contributed by atoms with van der Waals surface area (Å²) in [5.41, 5.74) is 3.61. The molecule has 3 rings (SSSR count). The zero-order valence-electron chi connectivity index (χ0n) is 17.6. The monoisotopic (exact) mass is 473 g/mol. The van der Waals surface area contributed by atoms with E-state index in [9.17, 15) is 8.42 Å². The maximum absolute atomic E-state index is 13.4. The van der Waals surface area contributed by atoms with E-state index >= 15 is 0 Å². The van der Waals surface area contributed by atoms with Crippen LogP contribution >= 0.6 is 23.7 Å². The molecule has 0 aliphatic heterocycles. The van der Waals surface area contributed by atoms with Crippen molar-refractivity contribution in [2.24, 2.45) is 4.99 Å². The molecule has 162 valence electrons. The normalized spacial score (nSPS) is 11.9. The molecule has 0 heterocycles. The topological polar surface area (TPSA) is 53.0 Å². The van der Waals surface area contributed by atoms with Crippen LogP contribution in [-0.2, 0) is 16.6 Å². The van der Waals surface area contributed by atoms with Gasteiger partial charge in [-0.3, -0.25) is 4.31 Å². The van der Waals surface area contributed by atoms with Gasteiger partial charge in [0.15, 0.2) is 0 Å². The molecule has 0 bridgehead atoms. The number of nitrogens with zero attached hydrogens (tertiary/aromatic N) is 3. The molecule has 0 aliphatic rings. The van der Waals surface area contributed by atoms with Gasteiger partial charge in [-0.1, -0.05) is 59.6 Å². The van der Waals surface area contributed by atoms with Gasteiger partial charge in [-0.2, -0.15) is 0 Å². The van der Waals surface area contributed by atoms with Crippen LogP contribution in [0.5, 0.6) is 0 Å². The molecule has 3 aromatic carbocycles. The van der Waals surface area contributed by atoms with Crippen LogP contribution in [0.25, 0.3) is 0 Å². The van der Waals surface area contributed by atoms with Crippen molar-refractivity contribution in [3.8, 4) is 0 Å². The number of sulfonamides is 1. The molecule has 0 spiro atoms. The van der Waals surface area contributed by atoms with E-state index in [1.54, 1.807) is 48.0 Å². The van der Waals surface area contributed by atoms with Crippen LogP contribution in [0, 0.1) is 13.8 Å². The standard InChI is InChI=1S/C23H24ClN3O2S2/c1-18-9-12-22(13-10-18)31(28,29)27(16-20-7-5-4-6-8-20)30-26(3)17-25-23-14-11-21(24)15-19(23)2/h4-15,17H,16H2,1-3H3. The Morgan fingerprint density at radius 2 is 1.68 bits per heavy atom. The Labute approximate surface area is 193 Å². The summed E-state index contributed by atoms with van der Waals surface area (Å²) >= 11 is 7.08. The van der Waals surface area contributed by atoms with E-state index in [2.05, 4.69) is 4.99 Å². The number of aliphatic imine (C=N–C) groups is 1. The molecule has 0 unspecified atom stereocenters. The minimum atomic E-state index is -3.73. The smallest absolute Gasteiger partial charge is 0.253 e. The maximum atomic E-state index is 13.4. The van der Waals surface area contributed by atoms with Crippen LogP contribution in [0.2, 0.25) is 5.02 Å².